The summed E-state index contributed by atoms with van der Waals surface area (Å²) in [5, 5.41) is 9.02. The van der Waals surface area contributed by atoms with Crippen LogP contribution < -0.4 is 4.90 Å². The first-order valence-corrected chi connectivity index (χ1v) is 14.9. The molecule has 1 spiro atoms. The van der Waals surface area contributed by atoms with Crippen LogP contribution in [0.25, 0.3) is 0 Å². The van der Waals surface area contributed by atoms with Crippen molar-refractivity contribution in [3.05, 3.63) is 29.3 Å². The van der Waals surface area contributed by atoms with Crippen molar-refractivity contribution >= 4 is 26.2 Å². The van der Waals surface area contributed by atoms with E-state index in [1.807, 2.05) is 0 Å². The Morgan fingerprint density at radius 3 is 2.56 bits per heavy atom. The van der Waals surface area contributed by atoms with Crippen LogP contribution in [0.1, 0.15) is 44.7 Å². The van der Waals surface area contributed by atoms with Crippen LogP contribution in [0.4, 0.5) is 18.9 Å². The average molecular weight is 523 g/mol. The lowest BCUT2D eigenvalue weighted by Gasteiger charge is -2.45. The first-order chi connectivity index (χ1) is 16.6. The number of ether oxygens (including phenoxy) is 2. The van der Waals surface area contributed by atoms with Crippen LogP contribution in [0.2, 0.25) is 18.1 Å². The van der Waals surface area contributed by atoms with Gasteiger partial charge < -0.3 is 13.9 Å². The van der Waals surface area contributed by atoms with Crippen molar-refractivity contribution in [3.63, 3.8) is 0 Å². The number of hydrogen-bond donors (Lipinski definition) is 0. The summed E-state index contributed by atoms with van der Waals surface area (Å²) in [7, 11) is -2.35. The molecule has 4 fully saturated rings. The van der Waals surface area contributed by atoms with Crippen molar-refractivity contribution < 1.29 is 36.7 Å². The molecule has 4 aliphatic heterocycles. The molecule has 4 heterocycles. The monoisotopic (exact) mass is 522 g/mol. The molecule has 0 radical (unpaired) electrons. The van der Waals surface area contributed by atoms with E-state index in [0.29, 0.717) is 19.1 Å². The van der Waals surface area contributed by atoms with Gasteiger partial charge in [-0.2, -0.15) is 18.4 Å². The molecule has 11 heteroatoms. The molecule has 4 saturated heterocycles. The highest BCUT2D eigenvalue weighted by Gasteiger charge is 2.80. The molecular weight excluding hydrogens is 493 g/mol. The van der Waals surface area contributed by atoms with Gasteiger partial charge in [0.1, 0.15) is 6.23 Å². The Bertz CT molecular complexity index is 1180. The largest absolute Gasteiger partial charge is 0.417 e. The SMILES string of the molecule is CC(C)(C)[Si](C)(C)O[C@@H]1C[C@@]23CCO[C@H]4[C@@H]2[C@H](C(=O)N4c2ccc(C#N)c(C(F)(F)F)c2)[C@]1(C=O)O3. The van der Waals surface area contributed by atoms with Gasteiger partial charge >= 0.3 is 6.18 Å². The van der Waals surface area contributed by atoms with Crippen LogP contribution in [0.15, 0.2) is 18.2 Å². The van der Waals surface area contributed by atoms with Gasteiger partial charge in [0.15, 0.2) is 20.2 Å². The molecule has 5 rings (SSSR count). The minimum atomic E-state index is -4.78. The number of carbonyl (C=O) groups is 2. The second-order valence-electron chi connectivity index (χ2n) is 11.8. The van der Waals surface area contributed by atoms with Gasteiger partial charge in [0.05, 0.1) is 41.4 Å². The van der Waals surface area contributed by atoms with Crippen molar-refractivity contribution in [1.29, 1.82) is 5.26 Å². The van der Waals surface area contributed by atoms with Gasteiger partial charge in [-0.25, -0.2) is 0 Å². The molecule has 0 unspecified atom stereocenters. The molecule has 0 saturated carbocycles. The summed E-state index contributed by atoms with van der Waals surface area (Å²) < 4.78 is 60.1. The quantitative estimate of drug-likeness (QED) is 0.430. The van der Waals surface area contributed by atoms with E-state index in [4.69, 9.17) is 19.2 Å². The fourth-order valence-electron chi connectivity index (χ4n) is 6.17. The second kappa shape index (κ2) is 7.63. The van der Waals surface area contributed by atoms with Gasteiger partial charge in [0.25, 0.3) is 0 Å². The average Bonchev–Trinajstić information content (AvgIpc) is 3.37. The summed E-state index contributed by atoms with van der Waals surface area (Å²) in [5.74, 6) is -1.98. The minimum absolute atomic E-state index is 0.0231. The summed E-state index contributed by atoms with van der Waals surface area (Å²) in [5.41, 5.74) is -4.05. The molecule has 36 heavy (non-hydrogen) atoms. The van der Waals surface area contributed by atoms with Crippen LogP contribution in [0.3, 0.4) is 0 Å². The third-order valence-electron chi connectivity index (χ3n) is 8.88. The van der Waals surface area contributed by atoms with Gasteiger partial charge in [0, 0.05) is 24.4 Å². The van der Waals surface area contributed by atoms with E-state index in [1.165, 1.54) is 11.0 Å². The number of aldehydes is 1. The van der Waals surface area contributed by atoms with Crippen molar-refractivity contribution in [2.75, 3.05) is 11.5 Å². The number of carbonyl (C=O) groups excluding carboxylic acids is 2. The maximum atomic E-state index is 13.9. The van der Waals surface area contributed by atoms with E-state index in [2.05, 4.69) is 33.9 Å². The number of fused-ring (bicyclic) bond motifs is 2. The first-order valence-electron chi connectivity index (χ1n) is 12.0. The Balaban J connectivity index is 1.58. The van der Waals surface area contributed by atoms with E-state index in [-0.39, 0.29) is 17.3 Å². The number of benzene rings is 1. The Kier molecular flexibility index (Phi) is 5.38. The maximum Gasteiger partial charge on any atom is 0.417 e. The number of nitriles is 1. The van der Waals surface area contributed by atoms with Crippen molar-refractivity contribution in [2.24, 2.45) is 11.8 Å². The highest BCUT2D eigenvalue weighted by atomic mass is 28.4. The van der Waals surface area contributed by atoms with Gasteiger partial charge in [0.2, 0.25) is 5.91 Å². The molecule has 0 aromatic heterocycles. The number of rotatable bonds is 4. The standard InChI is InChI=1S/C25H29F3N2O5Si/c1-22(2,3)36(4,5)34-17-11-23-8-9-33-21-19(23)18(24(17,13-31)35-23)20(32)30(21)15-7-6-14(12-29)16(10-15)25(26,27)28/h6-7,10,13,17-19,21H,8-9,11H2,1-5H3/t17-,18-,19+,21+,23+,24-/m1/s1. The zero-order chi connectivity index (χ0) is 26.5. The molecule has 1 aromatic carbocycles. The van der Waals surface area contributed by atoms with Crippen LogP contribution in [0.5, 0.6) is 0 Å². The lowest BCUT2D eigenvalue weighted by Crippen LogP contribution is -2.58. The summed E-state index contributed by atoms with van der Waals surface area (Å²) >= 11 is 0. The predicted octanol–water partition coefficient (Wildman–Crippen LogP) is 4.40. The lowest BCUT2D eigenvalue weighted by atomic mass is 9.65. The molecular formula is C25H29F3N2O5Si. The smallest absolute Gasteiger partial charge is 0.410 e. The van der Waals surface area contributed by atoms with Gasteiger partial charge in [-0.05, 0) is 36.3 Å². The van der Waals surface area contributed by atoms with E-state index in [1.54, 1.807) is 6.07 Å². The van der Waals surface area contributed by atoms with Gasteiger partial charge in [-0.1, -0.05) is 20.8 Å². The van der Waals surface area contributed by atoms with Gasteiger partial charge in [-0.15, -0.1) is 0 Å². The number of halogens is 3. The molecule has 6 atom stereocenters. The molecule has 7 nitrogen and oxygen atoms in total. The number of alkyl halides is 3. The van der Waals surface area contributed by atoms with Gasteiger partial charge in [-0.3, -0.25) is 14.5 Å². The highest BCUT2D eigenvalue weighted by molar-refractivity contribution is 6.74. The van der Waals surface area contributed by atoms with E-state index < -0.39 is 66.9 Å². The zero-order valence-corrected chi connectivity index (χ0v) is 21.8. The molecule has 1 aromatic rings. The van der Waals surface area contributed by atoms with Crippen LogP contribution in [-0.4, -0.2) is 50.7 Å². The normalized spacial score (nSPS) is 35.6. The van der Waals surface area contributed by atoms with Crippen LogP contribution in [-0.2, 0) is 29.7 Å². The molecule has 0 aliphatic carbocycles. The summed E-state index contributed by atoms with van der Waals surface area (Å²) in [6, 6.07) is 4.74. The number of hydrogen-bond acceptors (Lipinski definition) is 6. The summed E-state index contributed by atoms with van der Waals surface area (Å²) in [4.78, 5) is 27.9. The third kappa shape index (κ3) is 3.27. The van der Waals surface area contributed by atoms with E-state index >= 15 is 0 Å². The third-order valence-corrected chi connectivity index (χ3v) is 13.4. The number of amides is 1. The lowest BCUT2D eigenvalue weighted by molar-refractivity contribution is -0.154. The van der Waals surface area contributed by atoms with Crippen LogP contribution >= 0.6 is 0 Å². The summed E-state index contributed by atoms with van der Waals surface area (Å²) in [6.07, 6.45) is -4.74. The topological polar surface area (TPSA) is 88.9 Å². The number of anilines is 1. The molecule has 0 N–H and O–H groups in total. The predicted molar refractivity (Wildman–Crippen MR) is 124 cm³/mol. The minimum Gasteiger partial charge on any atom is -0.410 e. The highest BCUT2D eigenvalue weighted by Crippen LogP contribution is 2.66. The van der Waals surface area contributed by atoms with Crippen molar-refractivity contribution in [2.45, 2.75) is 81.5 Å². The Hall–Kier alpha value is -2.26. The fourth-order valence-corrected chi connectivity index (χ4v) is 7.50. The Labute approximate surface area is 208 Å². The van der Waals surface area contributed by atoms with E-state index in [0.717, 1.165) is 12.1 Å². The molecule has 4 aliphatic rings. The van der Waals surface area contributed by atoms with Crippen molar-refractivity contribution in [3.8, 4) is 6.07 Å². The second-order valence-corrected chi connectivity index (χ2v) is 16.5. The van der Waals surface area contributed by atoms with E-state index in [9.17, 15) is 22.8 Å². The Morgan fingerprint density at radius 1 is 1.28 bits per heavy atom. The Morgan fingerprint density at radius 2 is 1.97 bits per heavy atom. The van der Waals surface area contributed by atoms with Crippen molar-refractivity contribution in [1.82, 2.24) is 0 Å². The fraction of sp³-hybridized carbons (Fsp3) is 0.640. The number of nitrogens with zero attached hydrogens (tertiary/aromatic N) is 2. The maximum absolute atomic E-state index is 13.9. The summed E-state index contributed by atoms with van der Waals surface area (Å²) in [6.45, 7) is 10.6. The molecule has 2 bridgehead atoms. The zero-order valence-electron chi connectivity index (χ0n) is 20.8. The molecule has 1 amide bonds. The van der Waals surface area contributed by atoms with Crippen LogP contribution in [0, 0.1) is 23.2 Å². The first kappa shape index (κ1) is 25.4. The molecule has 194 valence electrons.